The minimum atomic E-state index is -4.54. The van der Waals surface area contributed by atoms with Crippen LogP contribution in [0.5, 0.6) is 11.5 Å². The van der Waals surface area contributed by atoms with E-state index in [9.17, 15) is 23.4 Å². The first-order chi connectivity index (χ1) is 20.8. The molecule has 0 radical (unpaired) electrons. The third kappa shape index (κ3) is 7.57. The van der Waals surface area contributed by atoms with Gasteiger partial charge in [-0.3, -0.25) is 4.79 Å². The van der Waals surface area contributed by atoms with Crippen molar-refractivity contribution in [2.45, 2.75) is 30.8 Å². The molecule has 1 aliphatic heterocycles. The van der Waals surface area contributed by atoms with Crippen LogP contribution >= 0.6 is 11.3 Å². The molecule has 4 aromatic rings. The van der Waals surface area contributed by atoms with Crippen LogP contribution in [0.25, 0.3) is 0 Å². The van der Waals surface area contributed by atoms with Crippen LogP contribution in [0.3, 0.4) is 0 Å². The molecule has 11 nitrogen and oxygen atoms in total. The van der Waals surface area contributed by atoms with Crippen LogP contribution in [0.2, 0.25) is 0 Å². The van der Waals surface area contributed by atoms with Crippen LogP contribution in [0.4, 0.5) is 5.13 Å². The number of aliphatic hydroxyl groups excluding tert-OH is 2. The van der Waals surface area contributed by atoms with E-state index in [1.807, 2.05) is 6.07 Å². The van der Waals surface area contributed by atoms with E-state index >= 15 is 0 Å². The van der Waals surface area contributed by atoms with E-state index in [-0.39, 0.29) is 19.8 Å². The molecule has 1 amide bonds. The van der Waals surface area contributed by atoms with Crippen molar-refractivity contribution in [3.63, 3.8) is 0 Å². The number of nitrogens with one attached hydrogen (secondary N) is 1. The van der Waals surface area contributed by atoms with E-state index in [1.165, 1.54) is 17.5 Å². The number of amides is 1. The van der Waals surface area contributed by atoms with Crippen molar-refractivity contribution in [2.24, 2.45) is 0 Å². The zero-order valence-corrected chi connectivity index (χ0v) is 24.7. The number of benzene rings is 3. The Kier molecular flexibility index (Phi) is 10.0. The highest BCUT2D eigenvalue weighted by Crippen LogP contribution is 2.30. The van der Waals surface area contributed by atoms with Gasteiger partial charge in [0.2, 0.25) is 5.91 Å². The number of ether oxygens (including phenoxy) is 2. The third-order valence-electron chi connectivity index (χ3n) is 6.96. The Morgan fingerprint density at radius 3 is 1.84 bits per heavy atom. The molecular formula is C30H32N4O7S2. The number of thiazole rings is 1. The molecule has 2 unspecified atom stereocenters. The highest BCUT2D eigenvalue weighted by molar-refractivity contribution is 7.86. The minimum Gasteiger partial charge on any atom is -0.492 e. The summed E-state index contributed by atoms with van der Waals surface area (Å²) in [5.74, 6) is 0.237. The standard InChI is InChI=1S/C30H32N4O7S2/c35-27(32-30-31-16-17-42-30)19-34-26(21-41-24-14-8-3-9-15-24)29(37)28(36)25(20-40-23-12-6-2-7-13-23)33(43(34,38)39)18-22-10-4-1-5-11-22/h1-17,25-26,28-29,36-37H,18-21H2,(H,31,32,35)/t25-,26?,28+,29?/m0/s1. The number of carbonyl (C=O) groups is 1. The van der Waals surface area contributed by atoms with Crippen molar-refractivity contribution in [3.05, 3.63) is 108 Å². The van der Waals surface area contributed by atoms with Gasteiger partial charge in [-0.1, -0.05) is 66.7 Å². The molecule has 3 aromatic carbocycles. The van der Waals surface area contributed by atoms with Crippen LogP contribution in [-0.4, -0.2) is 82.2 Å². The molecule has 226 valence electrons. The maximum Gasteiger partial charge on any atom is 0.283 e. The summed E-state index contributed by atoms with van der Waals surface area (Å²) in [6.07, 6.45) is -1.73. The molecule has 1 aliphatic rings. The summed E-state index contributed by atoms with van der Waals surface area (Å²) in [5, 5.41) is 27.7. The van der Waals surface area contributed by atoms with Crippen LogP contribution in [0, 0.1) is 0 Å². The topological polar surface area (TPSA) is 142 Å². The number of aliphatic hydroxyl groups is 2. The molecule has 1 aromatic heterocycles. The summed E-state index contributed by atoms with van der Waals surface area (Å²) in [6.45, 7) is -1.41. The predicted octanol–water partition coefficient (Wildman–Crippen LogP) is 2.76. The average Bonchev–Trinajstić information content (AvgIpc) is 3.52. The quantitative estimate of drug-likeness (QED) is 0.231. The zero-order valence-electron chi connectivity index (χ0n) is 23.0. The van der Waals surface area contributed by atoms with Gasteiger partial charge in [0.15, 0.2) is 5.13 Å². The Labute approximate surface area is 254 Å². The van der Waals surface area contributed by atoms with Crippen molar-refractivity contribution in [3.8, 4) is 11.5 Å². The normalized spacial score (nSPS) is 22.4. The summed E-state index contributed by atoms with van der Waals surface area (Å²) in [5.41, 5.74) is 0.642. The predicted molar refractivity (Wildman–Crippen MR) is 162 cm³/mol. The first kappa shape index (κ1) is 30.6. The molecule has 13 heteroatoms. The summed E-state index contributed by atoms with van der Waals surface area (Å²) in [6, 6.07) is 23.8. The SMILES string of the molecule is O=C(CN1C(COc2ccccc2)C(O)[C@H](O)[C@H](COc2ccccc2)N(Cc2ccccc2)S1(=O)=O)Nc1nccs1. The van der Waals surface area contributed by atoms with Crippen LogP contribution in [-0.2, 0) is 21.5 Å². The Morgan fingerprint density at radius 2 is 1.33 bits per heavy atom. The Balaban J connectivity index is 1.52. The van der Waals surface area contributed by atoms with Gasteiger partial charge >= 0.3 is 0 Å². The van der Waals surface area contributed by atoms with Gasteiger partial charge in [0.1, 0.15) is 36.9 Å². The monoisotopic (exact) mass is 624 g/mol. The highest BCUT2D eigenvalue weighted by atomic mass is 32.2. The zero-order chi connectivity index (χ0) is 30.2. The number of hydrogen-bond donors (Lipinski definition) is 3. The first-order valence-electron chi connectivity index (χ1n) is 13.6. The van der Waals surface area contributed by atoms with Gasteiger partial charge in [-0.25, -0.2) is 4.98 Å². The molecule has 4 atom stereocenters. The average molecular weight is 625 g/mol. The lowest BCUT2D eigenvalue weighted by atomic mass is 9.99. The highest BCUT2D eigenvalue weighted by Gasteiger charge is 2.51. The van der Waals surface area contributed by atoms with E-state index < -0.39 is 47.0 Å². The van der Waals surface area contributed by atoms with Crippen molar-refractivity contribution >= 4 is 32.6 Å². The lowest BCUT2D eigenvalue weighted by Crippen LogP contribution is -2.54. The molecule has 0 spiro atoms. The maximum absolute atomic E-state index is 14.5. The Bertz CT molecular complexity index is 1550. The van der Waals surface area contributed by atoms with E-state index in [1.54, 1.807) is 90.3 Å². The van der Waals surface area contributed by atoms with Gasteiger partial charge in [-0.05, 0) is 29.8 Å². The fourth-order valence-corrected chi connectivity index (χ4v) is 7.24. The fourth-order valence-electron chi connectivity index (χ4n) is 4.78. The largest absolute Gasteiger partial charge is 0.492 e. The number of para-hydroxylation sites is 2. The first-order valence-corrected chi connectivity index (χ1v) is 15.8. The van der Waals surface area contributed by atoms with Gasteiger partial charge in [0, 0.05) is 18.1 Å². The Hall–Kier alpha value is -3.85. The summed E-state index contributed by atoms with van der Waals surface area (Å²) in [4.78, 5) is 17.2. The molecule has 0 bridgehead atoms. The van der Waals surface area contributed by atoms with Crippen molar-refractivity contribution < 1.29 is 32.9 Å². The number of carbonyl (C=O) groups excluding carboxylic acids is 1. The molecule has 3 N–H and O–H groups in total. The van der Waals surface area contributed by atoms with Gasteiger partial charge in [0.05, 0.1) is 18.6 Å². The number of rotatable bonds is 11. The van der Waals surface area contributed by atoms with Gasteiger partial charge in [0.25, 0.3) is 10.2 Å². The van der Waals surface area contributed by atoms with E-state index in [0.29, 0.717) is 22.2 Å². The fraction of sp³-hybridized carbons (Fsp3) is 0.267. The van der Waals surface area contributed by atoms with Gasteiger partial charge in [-0.2, -0.15) is 17.0 Å². The molecule has 0 saturated carbocycles. The second-order valence-corrected chi connectivity index (χ2v) is 12.6. The van der Waals surface area contributed by atoms with Crippen LogP contribution in [0.15, 0.2) is 103 Å². The molecule has 43 heavy (non-hydrogen) atoms. The second-order valence-electron chi connectivity index (χ2n) is 9.83. The molecule has 1 fully saturated rings. The molecule has 0 aliphatic carbocycles. The number of nitrogens with zero attached hydrogens (tertiary/aromatic N) is 3. The number of anilines is 1. The molecule has 1 saturated heterocycles. The minimum absolute atomic E-state index is 0.146. The molecule has 2 heterocycles. The van der Waals surface area contributed by atoms with Crippen molar-refractivity contribution in [2.75, 3.05) is 25.1 Å². The number of hydrogen-bond acceptors (Lipinski definition) is 9. The van der Waals surface area contributed by atoms with Crippen LogP contribution < -0.4 is 14.8 Å². The maximum atomic E-state index is 14.5. The summed E-state index contributed by atoms with van der Waals surface area (Å²) < 4.78 is 42.8. The Morgan fingerprint density at radius 1 is 0.814 bits per heavy atom. The number of aromatic nitrogens is 1. The molecule has 5 rings (SSSR count). The van der Waals surface area contributed by atoms with Crippen molar-refractivity contribution in [1.29, 1.82) is 0 Å². The summed E-state index contributed by atoms with van der Waals surface area (Å²) in [7, 11) is -4.54. The lowest BCUT2D eigenvalue weighted by molar-refractivity contribution is -0.117. The van der Waals surface area contributed by atoms with E-state index in [2.05, 4.69) is 10.3 Å². The van der Waals surface area contributed by atoms with Crippen molar-refractivity contribution in [1.82, 2.24) is 13.6 Å². The lowest BCUT2D eigenvalue weighted by Gasteiger charge is -2.34. The van der Waals surface area contributed by atoms with Gasteiger partial charge < -0.3 is 25.0 Å². The van der Waals surface area contributed by atoms with E-state index in [4.69, 9.17) is 9.47 Å². The smallest absolute Gasteiger partial charge is 0.283 e. The molecular weight excluding hydrogens is 592 g/mol. The second kappa shape index (κ2) is 14.1. The third-order valence-corrected chi connectivity index (χ3v) is 9.63. The van der Waals surface area contributed by atoms with E-state index in [0.717, 1.165) is 8.61 Å². The summed E-state index contributed by atoms with van der Waals surface area (Å²) >= 11 is 1.18. The van der Waals surface area contributed by atoms with Crippen LogP contribution in [0.1, 0.15) is 5.56 Å². The van der Waals surface area contributed by atoms with Gasteiger partial charge in [-0.15, -0.1) is 11.3 Å².